The van der Waals surface area contributed by atoms with Crippen LogP contribution in [0.4, 0.5) is 0 Å². The Hall–Kier alpha value is -5.51. The average Bonchev–Trinajstić information content (AvgIpc) is 3.08. The molecule has 10 heteroatoms. The number of nitrogens with zero attached hydrogens (tertiary/aromatic N) is 1. The van der Waals surface area contributed by atoms with Gasteiger partial charge < -0.3 is 26.0 Å². The maximum atomic E-state index is 13.9. The Kier molecular flexibility index (Phi) is 11.5. The zero-order chi connectivity index (χ0) is 33.9. The van der Waals surface area contributed by atoms with Crippen molar-refractivity contribution >= 4 is 23.6 Å². The Morgan fingerprint density at radius 1 is 0.833 bits per heavy atom. The molecular weight excluding hydrogens is 606 g/mol. The average molecular weight is 648 g/mol. The molecule has 4 bridgehead atoms. The Labute approximate surface area is 280 Å². The highest BCUT2D eigenvalue weighted by molar-refractivity contribution is 5.99. The van der Waals surface area contributed by atoms with Gasteiger partial charge >= 0.3 is 0 Å². The maximum absolute atomic E-state index is 13.9. The largest absolute Gasteiger partial charge is 0.457 e. The fourth-order valence-electron chi connectivity index (χ4n) is 5.51. The van der Waals surface area contributed by atoms with Gasteiger partial charge in [0.1, 0.15) is 29.6 Å². The van der Waals surface area contributed by atoms with Crippen LogP contribution in [-0.4, -0.2) is 53.3 Å². The quantitative estimate of drug-likeness (QED) is 0.212. The number of hydrogen-bond acceptors (Lipinski definition) is 6. The van der Waals surface area contributed by atoms with Crippen LogP contribution in [0.5, 0.6) is 11.5 Å². The van der Waals surface area contributed by atoms with E-state index in [1.807, 2.05) is 74.5 Å². The summed E-state index contributed by atoms with van der Waals surface area (Å²) in [4.78, 5) is 59.1. The minimum absolute atomic E-state index is 0.0435. The van der Waals surface area contributed by atoms with Crippen molar-refractivity contribution < 1.29 is 23.9 Å². The number of ether oxygens (including phenoxy) is 1. The number of nitrogens with one attached hydrogen (secondary N) is 4. The third-order valence-corrected chi connectivity index (χ3v) is 7.98. The summed E-state index contributed by atoms with van der Waals surface area (Å²) < 4.78 is 6.03. The van der Waals surface area contributed by atoms with E-state index < -0.39 is 35.8 Å². The summed E-state index contributed by atoms with van der Waals surface area (Å²) in [6.07, 6.45) is 2.97. The van der Waals surface area contributed by atoms with Crippen molar-refractivity contribution in [3.8, 4) is 11.5 Å². The third-order valence-electron chi connectivity index (χ3n) is 7.98. The van der Waals surface area contributed by atoms with Crippen LogP contribution in [-0.2, 0) is 33.6 Å². The second-order valence-corrected chi connectivity index (χ2v) is 12.3. The molecule has 0 aliphatic carbocycles. The number of carbonyl (C=O) groups is 4. The van der Waals surface area contributed by atoms with Crippen LogP contribution in [0.25, 0.3) is 0 Å². The lowest BCUT2D eigenvalue weighted by Crippen LogP contribution is -2.57. The van der Waals surface area contributed by atoms with Crippen LogP contribution in [0.3, 0.4) is 0 Å². The molecular formula is C38H41N5O5. The molecule has 0 unspecified atom stereocenters. The molecule has 1 aromatic heterocycles. The van der Waals surface area contributed by atoms with Gasteiger partial charge in [0.2, 0.25) is 17.7 Å². The van der Waals surface area contributed by atoms with Crippen molar-refractivity contribution in [2.75, 3.05) is 6.54 Å². The number of carbonyl (C=O) groups excluding carboxylic acids is 4. The number of amides is 4. The normalized spacial score (nSPS) is 18.5. The summed E-state index contributed by atoms with van der Waals surface area (Å²) in [6, 6.07) is 26.0. The molecule has 4 aromatic rings. The van der Waals surface area contributed by atoms with Crippen molar-refractivity contribution in [2.45, 2.75) is 57.7 Å². The van der Waals surface area contributed by atoms with E-state index in [0.717, 1.165) is 16.8 Å². The van der Waals surface area contributed by atoms with Gasteiger partial charge in [0.15, 0.2) is 0 Å². The second kappa shape index (κ2) is 16.4. The Bertz CT molecular complexity index is 1700. The van der Waals surface area contributed by atoms with E-state index in [4.69, 9.17) is 4.74 Å². The van der Waals surface area contributed by atoms with E-state index in [0.29, 0.717) is 36.4 Å². The molecule has 3 aromatic carbocycles. The summed E-state index contributed by atoms with van der Waals surface area (Å²) in [5, 5.41) is 11.6. The van der Waals surface area contributed by atoms with Gasteiger partial charge in [-0.05, 0) is 65.9 Å². The highest BCUT2D eigenvalue weighted by atomic mass is 16.5. The predicted molar refractivity (Wildman–Crippen MR) is 182 cm³/mol. The summed E-state index contributed by atoms with van der Waals surface area (Å²) in [6.45, 7) is 4.24. The minimum atomic E-state index is -0.983. The van der Waals surface area contributed by atoms with Crippen molar-refractivity contribution in [3.05, 3.63) is 126 Å². The van der Waals surface area contributed by atoms with Crippen LogP contribution < -0.4 is 26.0 Å². The molecule has 0 saturated carbocycles. The topological polar surface area (TPSA) is 139 Å². The van der Waals surface area contributed by atoms with E-state index in [9.17, 15) is 19.2 Å². The summed E-state index contributed by atoms with van der Waals surface area (Å²) in [5.41, 5.74) is 2.80. The van der Waals surface area contributed by atoms with Gasteiger partial charge in [-0.25, -0.2) is 0 Å². The molecule has 4 amide bonds. The highest BCUT2D eigenvalue weighted by Gasteiger charge is 2.31. The molecule has 3 heterocycles. The van der Waals surface area contributed by atoms with Gasteiger partial charge in [0.25, 0.3) is 5.91 Å². The lowest BCUT2D eigenvalue weighted by molar-refractivity contribution is -0.132. The van der Waals surface area contributed by atoms with Crippen LogP contribution in [0.1, 0.15) is 47.4 Å². The maximum Gasteiger partial charge on any atom is 0.252 e. The van der Waals surface area contributed by atoms with Gasteiger partial charge in [0, 0.05) is 43.3 Å². The first-order valence-corrected chi connectivity index (χ1v) is 16.2. The Balaban J connectivity index is 1.45. The number of rotatable bonds is 8. The predicted octanol–water partition coefficient (Wildman–Crippen LogP) is 4.15. The molecule has 48 heavy (non-hydrogen) atoms. The van der Waals surface area contributed by atoms with Gasteiger partial charge in [-0.15, -0.1) is 0 Å². The van der Waals surface area contributed by atoms with Gasteiger partial charge in [-0.1, -0.05) is 68.4 Å². The van der Waals surface area contributed by atoms with E-state index in [-0.39, 0.29) is 24.7 Å². The van der Waals surface area contributed by atoms with Crippen molar-refractivity contribution in [1.29, 1.82) is 0 Å². The molecule has 0 fully saturated rings. The number of hydrogen-bond donors (Lipinski definition) is 4. The van der Waals surface area contributed by atoms with Gasteiger partial charge in [-0.3, -0.25) is 24.2 Å². The van der Waals surface area contributed by atoms with Crippen LogP contribution in [0.2, 0.25) is 0 Å². The van der Waals surface area contributed by atoms with Crippen molar-refractivity contribution in [2.24, 2.45) is 5.92 Å². The zero-order valence-electron chi connectivity index (χ0n) is 27.1. The SMILES string of the molecule is CC(C)C[C@@H]1NC(=O)[C@@H](Cc2ccccc2)NC(=O)c2cccc(c2)Oc2ccc(cc2)C[C@@H](C(=O)NCCc2ccccn2)NC1=O. The van der Waals surface area contributed by atoms with E-state index >= 15 is 0 Å². The van der Waals surface area contributed by atoms with Crippen LogP contribution >= 0.6 is 0 Å². The van der Waals surface area contributed by atoms with E-state index in [2.05, 4.69) is 26.3 Å². The first-order valence-electron chi connectivity index (χ1n) is 16.2. The number of aromatic nitrogens is 1. The third kappa shape index (κ3) is 9.75. The molecule has 6 rings (SSSR count). The number of pyridine rings is 1. The fourth-order valence-corrected chi connectivity index (χ4v) is 5.51. The molecule has 2 aliphatic heterocycles. The molecule has 0 radical (unpaired) electrons. The van der Waals surface area contributed by atoms with E-state index in [1.165, 1.54) is 0 Å². The molecule has 3 atom stereocenters. The number of fused-ring (bicyclic) bond motifs is 11. The molecule has 0 saturated heterocycles. The summed E-state index contributed by atoms with van der Waals surface area (Å²) >= 11 is 0. The van der Waals surface area contributed by atoms with E-state index in [1.54, 1.807) is 42.6 Å². The lowest BCUT2D eigenvalue weighted by atomic mass is 9.99. The van der Waals surface area contributed by atoms with Crippen molar-refractivity contribution in [1.82, 2.24) is 26.3 Å². The molecule has 248 valence electrons. The minimum Gasteiger partial charge on any atom is -0.457 e. The first kappa shape index (κ1) is 33.8. The number of benzene rings is 3. The molecule has 2 aliphatic rings. The fraction of sp³-hybridized carbons (Fsp3) is 0.289. The molecule has 10 nitrogen and oxygen atoms in total. The molecule has 0 spiro atoms. The summed E-state index contributed by atoms with van der Waals surface area (Å²) in [5.74, 6) is -0.767. The smallest absolute Gasteiger partial charge is 0.252 e. The highest BCUT2D eigenvalue weighted by Crippen LogP contribution is 2.23. The Morgan fingerprint density at radius 3 is 2.31 bits per heavy atom. The van der Waals surface area contributed by atoms with Crippen LogP contribution in [0, 0.1) is 5.92 Å². The first-order chi connectivity index (χ1) is 23.2. The Morgan fingerprint density at radius 2 is 1.58 bits per heavy atom. The second-order valence-electron chi connectivity index (χ2n) is 12.3. The summed E-state index contributed by atoms with van der Waals surface area (Å²) in [7, 11) is 0. The molecule has 4 N–H and O–H groups in total. The van der Waals surface area contributed by atoms with Gasteiger partial charge in [-0.2, -0.15) is 0 Å². The zero-order valence-corrected chi connectivity index (χ0v) is 27.1. The van der Waals surface area contributed by atoms with Crippen molar-refractivity contribution in [3.63, 3.8) is 0 Å². The van der Waals surface area contributed by atoms with Gasteiger partial charge in [0.05, 0.1) is 0 Å². The monoisotopic (exact) mass is 647 g/mol. The lowest BCUT2D eigenvalue weighted by Gasteiger charge is -2.26. The van der Waals surface area contributed by atoms with Crippen LogP contribution in [0.15, 0.2) is 103 Å². The standard InChI is InChI=1S/C38H41N5O5/c1-25(2)21-32-37(46)43-33(36(45)40-20-18-29-12-6-7-19-39-29)23-27-14-16-30(17-15-27)48-31-13-8-11-28(24-31)35(44)41-34(38(47)42-32)22-26-9-4-3-5-10-26/h3-17,19,24-25,32-34H,18,20-23H2,1-2H3,(H,40,45)(H,41,44)(H,42,47)(H,43,46)/t32-,33-,34+/m0/s1.